The molecular weight excluding hydrogens is 367 g/mol. The summed E-state index contributed by atoms with van der Waals surface area (Å²) < 4.78 is 28.7. The molecule has 0 radical (unpaired) electrons. The monoisotopic (exact) mass is 394 g/mol. The van der Waals surface area contributed by atoms with Crippen LogP contribution in [0.3, 0.4) is 0 Å². The first-order valence-corrected chi connectivity index (χ1v) is 10.5. The van der Waals surface area contributed by atoms with Gasteiger partial charge in [-0.15, -0.1) is 0 Å². The molecule has 0 bridgehead atoms. The van der Waals surface area contributed by atoms with Gasteiger partial charge in [-0.3, -0.25) is 4.57 Å². The summed E-state index contributed by atoms with van der Waals surface area (Å²) in [6, 6.07) is 10.3. The lowest BCUT2D eigenvalue weighted by molar-refractivity contribution is 0.00696. The van der Waals surface area contributed by atoms with Gasteiger partial charge in [0.15, 0.2) is 5.85 Å². The Hall–Kier alpha value is -1.72. The van der Waals surface area contributed by atoms with Gasteiger partial charge >= 0.3 is 13.6 Å². The zero-order chi connectivity index (χ0) is 20.2. The molecule has 0 amide bonds. The number of aliphatic hydroxyl groups is 1. The molecule has 2 aromatic rings. The summed E-state index contributed by atoms with van der Waals surface area (Å²) in [7, 11) is -3.71. The summed E-state index contributed by atoms with van der Waals surface area (Å²) in [5.41, 5.74) is 0.210. The molecule has 2 aromatic carbocycles. The third-order valence-corrected chi connectivity index (χ3v) is 5.85. The highest BCUT2D eigenvalue weighted by molar-refractivity contribution is 7.54. The van der Waals surface area contributed by atoms with Gasteiger partial charge < -0.3 is 18.9 Å². The molecule has 7 heteroatoms. The predicted octanol–water partition coefficient (Wildman–Crippen LogP) is 5.05. The Bertz CT molecular complexity index is 845. The van der Waals surface area contributed by atoms with Crippen molar-refractivity contribution in [1.29, 1.82) is 0 Å². The topological polar surface area (TPSA) is 82.1 Å². The average molecular weight is 394 g/mol. The van der Waals surface area contributed by atoms with Gasteiger partial charge in [0.25, 0.3) is 0 Å². The minimum atomic E-state index is -3.71. The summed E-state index contributed by atoms with van der Waals surface area (Å²) in [5.74, 6) is -1.84. The lowest BCUT2D eigenvalue weighted by Crippen LogP contribution is -2.23. The van der Waals surface area contributed by atoms with Crippen molar-refractivity contribution >= 4 is 24.3 Å². The van der Waals surface area contributed by atoms with E-state index in [1.54, 1.807) is 71.0 Å². The van der Waals surface area contributed by atoms with Crippen LogP contribution in [0.5, 0.6) is 0 Å². The lowest BCUT2D eigenvalue weighted by atomic mass is 10.0. The van der Waals surface area contributed by atoms with E-state index < -0.39 is 25.0 Å². The molecule has 0 saturated carbocycles. The summed E-state index contributed by atoms with van der Waals surface area (Å²) >= 11 is 0. The maximum absolute atomic E-state index is 12.8. The lowest BCUT2D eigenvalue weighted by Gasteiger charge is -2.23. The van der Waals surface area contributed by atoms with Gasteiger partial charge in [-0.2, -0.15) is 0 Å². The standard InChI is InChI=1S/C20H27O6P/c1-6-24-27(23,25-7-2)19(22)16-11-9-14-8-10-15(12-17(14)13-16)18(21)26-20(3,4)5/h8-13,19,22H,6-7H2,1-5H3. The number of carbonyl (C=O) groups excluding carboxylic acids is 1. The summed E-state index contributed by atoms with van der Waals surface area (Å²) in [6.45, 7) is 9.10. The van der Waals surface area contributed by atoms with Crippen LogP contribution in [-0.2, 0) is 18.3 Å². The fraction of sp³-hybridized carbons (Fsp3) is 0.450. The maximum atomic E-state index is 12.8. The van der Waals surface area contributed by atoms with Crippen molar-refractivity contribution in [3.8, 4) is 0 Å². The van der Waals surface area contributed by atoms with Gasteiger partial charge in [-0.1, -0.05) is 18.2 Å². The number of rotatable bonds is 7. The van der Waals surface area contributed by atoms with Crippen LogP contribution >= 0.6 is 7.60 Å². The average Bonchev–Trinajstić information content (AvgIpc) is 2.59. The Morgan fingerprint density at radius 1 is 1.04 bits per heavy atom. The zero-order valence-corrected chi connectivity index (χ0v) is 17.3. The first kappa shape index (κ1) is 21.6. The molecule has 1 N–H and O–H groups in total. The predicted molar refractivity (Wildman–Crippen MR) is 105 cm³/mol. The number of aliphatic hydroxyl groups excluding tert-OH is 1. The molecule has 0 aliphatic rings. The largest absolute Gasteiger partial charge is 0.456 e. The molecule has 1 unspecified atom stereocenters. The second-order valence-corrected chi connectivity index (χ2v) is 9.16. The number of carbonyl (C=O) groups is 1. The van der Waals surface area contributed by atoms with Crippen LogP contribution in [0.15, 0.2) is 36.4 Å². The Kier molecular flexibility index (Phi) is 6.82. The SMILES string of the molecule is CCOP(=O)(OCC)C(O)c1ccc2ccc(C(=O)OC(C)(C)C)cc2c1. The second kappa shape index (κ2) is 8.53. The van der Waals surface area contributed by atoms with Crippen molar-refractivity contribution in [2.45, 2.75) is 46.1 Å². The first-order chi connectivity index (χ1) is 12.6. The van der Waals surface area contributed by atoms with E-state index in [4.69, 9.17) is 13.8 Å². The third kappa shape index (κ3) is 5.39. The molecule has 1 atom stereocenters. The van der Waals surface area contributed by atoms with E-state index in [9.17, 15) is 14.5 Å². The quantitative estimate of drug-likeness (QED) is 0.523. The Morgan fingerprint density at radius 3 is 2.19 bits per heavy atom. The molecule has 0 spiro atoms. The van der Waals surface area contributed by atoms with E-state index in [0.717, 1.165) is 10.8 Å². The van der Waals surface area contributed by atoms with Crippen LogP contribution in [-0.4, -0.2) is 29.9 Å². The zero-order valence-electron chi connectivity index (χ0n) is 16.4. The molecule has 0 aliphatic heterocycles. The maximum Gasteiger partial charge on any atom is 0.363 e. The highest BCUT2D eigenvalue weighted by atomic mass is 31.2. The Morgan fingerprint density at radius 2 is 1.63 bits per heavy atom. The van der Waals surface area contributed by atoms with E-state index >= 15 is 0 Å². The molecule has 0 aliphatic carbocycles. The van der Waals surface area contributed by atoms with Crippen molar-refractivity contribution < 1.29 is 28.3 Å². The summed E-state index contributed by atoms with van der Waals surface area (Å²) in [6.07, 6.45) is 0. The fourth-order valence-corrected chi connectivity index (χ4v) is 4.21. The molecule has 0 fully saturated rings. The van der Waals surface area contributed by atoms with E-state index in [-0.39, 0.29) is 13.2 Å². The molecular formula is C20H27O6P. The highest BCUT2D eigenvalue weighted by Crippen LogP contribution is 2.59. The van der Waals surface area contributed by atoms with Crippen molar-refractivity contribution in [2.24, 2.45) is 0 Å². The number of hydrogen-bond donors (Lipinski definition) is 1. The molecule has 2 rings (SSSR count). The Balaban J connectivity index is 2.40. The molecule has 0 heterocycles. The van der Waals surface area contributed by atoms with Crippen LogP contribution in [0.4, 0.5) is 0 Å². The van der Waals surface area contributed by atoms with Crippen molar-refractivity contribution in [1.82, 2.24) is 0 Å². The van der Waals surface area contributed by atoms with Crippen LogP contribution in [0.1, 0.15) is 56.4 Å². The molecule has 6 nitrogen and oxygen atoms in total. The molecule has 27 heavy (non-hydrogen) atoms. The number of fused-ring (bicyclic) bond motifs is 1. The van der Waals surface area contributed by atoms with Crippen molar-refractivity contribution in [2.75, 3.05) is 13.2 Å². The van der Waals surface area contributed by atoms with E-state index in [0.29, 0.717) is 11.1 Å². The Labute approximate surface area is 160 Å². The van der Waals surface area contributed by atoms with Gasteiger partial charge in [-0.25, -0.2) is 4.79 Å². The number of esters is 1. The van der Waals surface area contributed by atoms with Crippen molar-refractivity contribution in [3.05, 3.63) is 47.5 Å². The van der Waals surface area contributed by atoms with Crippen LogP contribution in [0.25, 0.3) is 10.8 Å². The van der Waals surface area contributed by atoms with Gasteiger partial charge in [-0.05, 0) is 69.2 Å². The van der Waals surface area contributed by atoms with Gasteiger partial charge in [0.1, 0.15) is 5.60 Å². The minimum Gasteiger partial charge on any atom is -0.456 e. The van der Waals surface area contributed by atoms with E-state index in [1.807, 2.05) is 0 Å². The van der Waals surface area contributed by atoms with Gasteiger partial charge in [0, 0.05) is 0 Å². The third-order valence-electron chi connectivity index (χ3n) is 3.71. The summed E-state index contributed by atoms with van der Waals surface area (Å²) in [4.78, 5) is 12.3. The fourth-order valence-electron chi connectivity index (χ4n) is 2.61. The smallest absolute Gasteiger partial charge is 0.363 e. The van der Waals surface area contributed by atoms with Crippen molar-refractivity contribution in [3.63, 3.8) is 0 Å². The molecule has 148 valence electrons. The van der Waals surface area contributed by atoms with Crippen LogP contribution in [0.2, 0.25) is 0 Å². The summed E-state index contributed by atoms with van der Waals surface area (Å²) in [5, 5.41) is 12.2. The number of ether oxygens (including phenoxy) is 1. The van der Waals surface area contributed by atoms with Crippen LogP contribution in [0, 0.1) is 0 Å². The molecule has 0 aromatic heterocycles. The van der Waals surface area contributed by atoms with Crippen LogP contribution < -0.4 is 0 Å². The second-order valence-electron chi connectivity index (χ2n) is 7.07. The van der Waals surface area contributed by atoms with Gasteiger partial charge in [0.2, 0.25) is 0 Å². The van der Waals surface area contributed by atoms with Gasteiger partial charge in [0.05, 0.1) is 18.8 Å². The number of benzene rings is 2. The highest BCUT2D eigenvalue weighted by Gasteiger charge is 2.35. The normalized spacial score (nSPS) is 13.6. The minimum absolute atomic E-state index is 0.157. The van der Waals surface area contributed by atoms with E-state index in [1.165, 1.54) is 0 Å². The van der Waals surface area contributed by atoms with E-state index in [2.05, 4.69) is 0 Å². The molecule has 0 saturated heterocycles. The number of hydrogen-bond acceptors (Lipinski definition) is 6. The first-order valence-electron chi connectivity index (χ1n) is 8.93.